The molecule has 1 heterocycles. The van der Waals surface area contributed by atoms with Gasteiger partial charge in [-0.1, -0.05) is 0 Å². The number of aromatic nitrogens is 1. The number of ether oxygens (including phenoxy) is 1. The van der Waals surface area contributed by atoms with Gasteiger partial charge in [-0.2, -0.15) is 0 Å². The summed E-state index contributed by atoms with van der Waals surface area (Å²) in [4.78, 5) is 15.9. The minimum absolute atomic E-state index is 0.0270. The molecule has 2 N–H and O–H groups in total. The molecule has 0 radical (unpaired) electrons. The molecule has 24 heavy (non-hydrogen) atoms. The Morgan fingerprint density at radius 2 is 2.04 bits per heavy atom. The zero-order valence-electron chi connectivity index (χ0n) is 13.2. The average Bonchev–Trinajstić information content (AvgIpc) is 3.07. The zero-order chi connectivity index (χ0) is 17.4. The summed E-state index contributed by atoms with van der Waals surface area (Å²) in [5, 5.41) is 5.32. The SMILES string of the molecule is CCOc1ccc(S(=O)(=O)NCCC(=O)NCc2nccs2)cc1. The lowest BCUT2D eigenvalue weighted by atomic mass is 10.3. The lowest BCUT2D eigenvalue weighted by molar-refractivity contribution is -0.121. The summed E-state index contributed by atoms with van der Waals surface area (Å²) in [6.07, 6.45) is 1.72. The molecule has 2 rings (SSSR count). The van der Waals surface area contributed by atoms with Crippen LogP contribution in [0, 0.1) is 0 Å². The molecule has 9 heteroatoms. The molecule has 0 aliphatic heterocycles. The van der Waals surface area contributed by atoms with E-state index in [0.717, 1.165) is 5.01 Å². The number of nitrogens with one attached hydrogen (secondary N) is 2. The van der Waals surface area contributed by atoms with Crippen LogP contribution in [0.5, 0.6) is 5.75 Å². The number of amides is 1. The second kappa shape index (κ2) is 8.76. The van der Waals surface area contributed by atoms with E-state index in [4.69, 9.17) is 4.74 Å². The van der Waals surface area contributed by atoms with E-state index in [2.05, 4.69) is 15.0 Å². The molecule has 0 atom stereocenters. The number of hydrogen-bond donors (Lipinski definition) is 2. The van der Waals surface area contributed by atoms with Gasteiger partial charge in [0.15, 0.2) is 0 Å². The molecule has 0 aliphatic rings. The van der Waals surface area contributed by atoms with Crippen molar-refractivity contribution in [2.75, 3.05) is 13.2 Å². The van der Waals surface area contributed by atoms with Crippen molar-refractivity contribution >= 4 is 27.3 Å². The molecule has 0 saturated carbocycles. The molecule has 0 spiro atoms. The second-order valence-electron chi connectivity index (χ2n) is 4.75. The first-order chi connectivity index (χ1) is 11.5. The molecule has 0 bridgehead atoms. The topological polar surface area (TPSA) is 97.4 Å². The van der Waals surface area contributed by atoms with Gasteiger partial charge in [0.05, 0.1) is 18.0 Å². The average molecular weight is 369 g/mol. The highest BCUT2D eigenvalue weighted by atomic mass is 32.2. The van der Waals surface area contributed by atoms with Crippen LogP contribution < -0.4 is 14.8 Å². The van der Waals surface area contributed by atoms with Crippen LogP contribution in [0.1, 0.15) is 18.4 Å². The van der Waals surface area contributed by atoms with Gasteiger partial charge in [0.1, 0.15) is 10.8 Å². The van der Waals surface area contributed by atoms with E-state index in [-0.39, 0.29) is 23.8 Å². The maximum atomic E-state index is 12.1. The normalized spacial score (nSPS) is 11.2. The fraction of sp³-hybridized carbons (Fsp3) is 0.333. The molecule has 2 aromatic rings. The number of thiazole rings is 1. The van der Waals surface area contributed by atoms with Crippen molar-refractivity contribution < 1.29 is 17.9 Å². The van der Waals surface area contributed by atoms with Gasteiger partial charge in [0.2, 0.25) is 15.9 Å². The summed E-state index contributed by atoms with van der Waals surface area (Å²) < 4.78 is 32.0. The second-order valence-corrected chi connectivity index (χ2v) is 7.50. The maximum absolute atomic E-state index is 12.1. The van der Waals surface area contributed by atoms with Crippen molar-refractivity contribution in [3.8, 4) is 5.75 Å². The van der Waals surface area contributed by atoms with Crippen molar-refractivity contribution in [3.63, 3.8) is 0 Å². The van der Waals surface area contributed by atoms with Crippen LogP contribution in [0.3, 0.4) is 0 Å². The largest absolute Gasteiger partial charge is 0.494 e. The predicted octanol–water partition coefficient (Wildman–Crippen LogP) is 1.53. The smallest absolute Gasteiger partial charge is 0.240 e. The first kappa shape index (κ1) is 18.4. The molecule has 0 fully saturated rings. The molecule has 0 aliphatic carbocycles. The molecule has 1 amide bonds. The van der Waals surface area contributed by atoms with Gasteiger partial charge in [-0.3, -0.25) is 4.79 Å². The highest BCUT2D eigenvalue weighted by Gasteiger charge is 2.14. The van der Waals surface area contributed by atoms with Crippen molar-refractivity contribution in [2.24, 2.45) is 0 Å². The van der Waals surface area contributed by atoms with E-state index >= 15 is 0 Å². The van der Waals surface area contributed by atoms with Crippen molar-refractivity contribution in [2.45, 2.75) is 24.8 Å². The number of hydrogen-bond acceptors (Lipinski definition) is 6. The fourth-order valence-electron chi connectivity index (χ4n) is 1.87. The highest BCUT2D eigenvalue weighted by Crippen LogP contribution is 2.15. The monoisotopic (exact) mass is 369 g/mol. The van der Waals surface area contributed by atoms with Crippen LogP contribution in [-0.2, 0) is 21.4 Å². The van der Waals surface area contributed by atoms with Gasteiger partial charge in [0, 0.05) is 24.5 Å². The van der Waals surface area contributed by atoms with Gasteiger partial charge in [-0.05, 0) is 31.2 Å². The Kier molecular flexibility index (Phi) is 6.71. The Balaban J connectivity index is 1.78. The van der Waals surface area contributed by atoms with Crippen LogP contribution in [0.4, 0.5) is 0 Å². The molecule has 130 valence electrons. The molecular weight excluding hydrogens is 350 g/mol. The van der Waals surface area contributed by atoms with Crippen molar-refractivity contribution in [3.05, 3.63) is 40.8 Å². The molecule has 1 aromatic heterocycles. The summed E-state index contributed by atoms with van der Waals surface area (Å²) in [6, 6.07) is 6.13. The number of nitrogens with zero attached hydrogens (tertiary/aromatic N) is 1. The Labute approximate surface area is 145 Å². The third kappa shape index (κ3) is 5.59. The maximum Gasteiger partial charge on any atom is 0.240 e. The number of carbonyl (C=O) groups is 1. The predicted molar refractivity (Wildman–Crippen MR) is 91.4 cm³/mol. The van der Waals surface area contributed by atoms with Gasteiger partial charge in [0.25, 0.3) is 0 Å². The van der Waals surface area contributed by atoms with E-state index in [0.29, 0.717) is 18.9 Å². The Morgan fingerprint density at radius 3 is 2.67 bits per heavy atom. The van der Waals surface area contributed by atoms with Gasteiger partial charge in [-0.15, -0.1) is 11.3 Å². The molecule has 0 saturated heterocycles. The number of sulfonamides is 1. The van der Waals surface area contributed by atoms with E-state index in [9.17, 15) is 13.2 Å². The van der Waals surface area contributed by atoms with Gasteiger partial charge < -0.3 is 10.1 Å². The molecule has 1 aromatic carbocycles. The standard InChI is InChI=1S/C15H19N3O4S2/c1-2-22-12-3-5-13(6-4-12)24(20,21)18-8-7-14(19)17-11-15-16-9-10-23-15/h3-6,9-10,18H,2,7-8,11H2,1H3,(H,17,19). The third-order valence-electron chi connectivity index (χ3n) is 3.01. The Morgan fingerprint density at radius 1 is 1.29 bits per heavy atom. The Bertz CT molecular complexity index is 744. The van der Waals surface area contributed by atoms with E-state index < -0.39 is 10.0 Å². The van der Waals surface area contributed by atoms with Crippen LogP contribution in [-0.4, -0.2) is 32.5 Å². The number of rotatable bonds is 9. The minimum Gasteiger partial charge on any atom is -0.494 e. The summed E-state index contributed by atoms with van der Waals surface area (Å²) in [5.74, 6) is 0.373. The first-order valence-corrected chi connectivity index (χ1v) is 9.75. The lowest BCUT2D eigenvalue weighted by Crippen LogP contribution is -2.30. The van der Waals surface area contributed by atoms with Crippen LogP contribution >= 0.6 is 11.3 Å². The van der Waals surface area contributed by atoms with Crippen molar-refractivity contribution in [1.29, 1.82) is 0 Å². The quantitative estimate of drug-likeness (QED) is 0.699. The van der Waals surface area contributed by atoms with E-state index in [1.54, 1.807) is 18.3 Å². The van der Waals surface area contributed by atoms with E-state index in [1.165, 1.54) is 23.5 Å². The Hall–Kier alpha value is -1.97. The van der Waals surface area contributed by atoms with Gasteiger partial charge >= 0.3 is 0 Å². The van der Waals surface area contributed by atoms with Gasteiger partial charge in [-0.25, -0.2) is 18.1 Å². The lowest BCUT2D eigenvalue weighted by Gasteiger charge is -2.08. The molecule has 7 nitrogen and oxygen atoms in total. The first-order valence-electron chi connectivity index (χ1n) is 7.39. The van der Waals surface area contributed by atoms with Crippen LogP contribution in [0.15, 0.2) is 40.7 Å². The van der Waals surface area contributed by atoms with Crippen LogP contribution in [0.25, 0.3) is 0 Å². The molecule has 0 unspecified atom stereocenters. The number of benzene rings is 1. The minimum atomic E-state index is -3.64. The summed E-state index contributed by atoms with van der Waals surface area (Å²) in [7, 11) is -3.64. The van der Waals surface area contributed by atoms with Crippen LogP contribution in [0.2, 0.25) is 0 Å². The van der Waals surface area contributed by atoms with Crippen molar-refractivity contribution in [1.82, 2.24) is 15.0 Å². The third-order valence-corrected chi connectivity index (χ3v) is 5.27. The number of carbonyl (C=O) groups excluding carboxylic acids is 1. The van der Waals surface area contributed by atoms with E-state index in [1.807, 2.05) is 12.3 Å². The summed E-state index contributed by atoms with van der Waals surface area (Å²) >= 11 is 1.45. The molecular formula is C15H19N3O4S2. The fourth-order valence-corrected chi connectivity index (χ4v) is 3.45. The summed E-state index contributed by atoms with van der Waals surface area (Å²) in [6.45, 7) is 2.74. The summed E-state index contributed by atoms with van der Waals surface area (Å²) in [5.41, 5.74) is 0. The highest BCUT2D eigenvalue weighted by molar-refractivity contribution is 7.89. The zero-order valence-corrected chi connectivity index (χ0v) is 14.8.